The summed E-state index contributed by atoms with van der Waals surface area (Å²) in [6, 6.07) is 0.626. The molecule has 0 spiro atoms. The van der Waals surface area contributed by atoms with Gasteiger partial charge in [0.15, 0.2) is 11.5 Å². The Labute approximate surface area is 310 Å². The van der Waals surface area contributed by atoms with Crippen LogP contribution in [0.5, 0.6) is 6.01 Å². The molecule has 0 saturated carbocycles. The molecular formula is C34H36Cl2F6N8O3. The molecule has 3 atom stereocenters. The molecule has 4 aliphatic heterocycles. The van der Waals surface area contributed by atoms with E-state index in [0.29, 0.717) is 62.5 Å². The molecule has 2 aromatic heterocycles. The van der Waals surface area contributed by atoms with Crippen LogP contribution < -0.4 is 15.4 Å². The van der Waals surface area contributed by atoms with Crippen LogP contribution in [0.25, 0.3) is 0 Å². The van der Waals surface area contributed by atoms with E-state index in [1.807, 2.05) is 4.90 Å². The van der Waals surface area contributed by atoms with E-state index in [9.17, 15) is 26.7 Å². The Balaban J connectivity index is 1.27. The molecule has 2 N–H and O–H groups in total. The lowest BCUT2D eigenvalue weighted by atomic mass is 9.91. The number of alkyl halides is 3. The average molecular weight is 790 g/mol. The number of aromatic nitrogens is 4. The highest BCUT2D eigenvalue weighted by molar-refractivity contribution is 6.34. The van der Waals surface area contributed by atoms with E-state index in [-0.39, 0.29) is 60.4 Å². The van der Waals surface area contributed by atoms with Gasteiger partial charge in [0.1, 0.15) is 12.4 Å². The zero-order valence-corrected chi connectivity index (χ0v) is 30.3. The second-order valence-corrected chi connectivity index (χ2v) is 14.9. The van der Waals surface area contributed by atoms with Gasteiger partial charge < -0.3 is 25.0 Å². The van der Waals surface area contributed by atoms with Gasteiger partial charge in [-0.2, -0.15) is 37.0 Å². The van der Waals surface area contributed by atoms with Gasteiger partial charge in [-0.25, -0.2) is 4.39 Å². The maximum absolute atomic E-state index is 15.5. The summed E-state index contributed by atoms with van der Waals surface area (Å²) in [7, 11) is 3.18. The van der Waals surface area contributed by atoms with Gasteiger partial charge in [0, 0.05) is 51.3 Å². The first-order valence-electron chi connectivity index (χ1n) is 17.0. The molecule has 1 amide bonds. The molecular weight excluding hydrogens is 753 g/mol. The number of carbonyl (C=O) groups excluding carboxylic acids is 1. The van der Waals surface area contributed by atoms with Gasteiger partial charge in [-0.15, -0.1) is 0 Å². The minimum absolute atomic E-state index is 0.0791. The zero-order valence-electron chi connectivity index (χ0n) is 28.8. The average Bonchev–Trinajstić information content (AvgIpc) is 3.66. The van der Waals surface area contributed by atoms with Crippen LogP contribution in [-0.4, -0.2) is 81.3 Å². The lowest BCUT2D eigenvalue weighted by Crippen LogP contribution is -2.43. The maximum Gasteiger partial charge on any atom is 0.418 e. The molecule has 2 saturated heterocycles. The predicted octanol–water partition coefficient (Wildman–Crippen LogP) is 6.66. The molecule has 3 aromatic rings. The number of rotatable bonds is 7. The zero-order chi connectivity index (χ0) is 38.0. The molecule has 2 fully saturated rings. The number of amides is 1. The van der Waals surface area contributed by atoms with Crippen LogP contribution in [0.15, 0.2) is 18.2 Å². The van der Waals surface area contributed by atoms with Gasteiger partial charge in [0.25, 0.3) is 12.0 Å². The van der Waals surface area contributed by atoms with E-state index < -0.39 is 51.6 Å². The Morgan fingerprint density at radius 3 is 2.68 bits per heavy atom. The summed E-state index contributed by atoms with van der Waals surface area (Å²) in [5.74, 6) is -1.68. The van der Waals surface area contributed by atoms with Gasteiger partial charge >= 0.3 is 12.2 Å². The lowest BCUT2D eigenvalue weighted by molar-refractivity contribution is -0.140. The van der Waals surface area contributed by atoms with Crippen LogP contribution in [0, 0.1) is 11.7 Å². The van der Waals surface area contributed by atoms with Crippen LogP contribution in [0.3, 0.4) is 0 Å². The number of anilines is 2. The SMILES string of the molecule is CN(C)C(=O)c1nn2c(c1Cl)CN(c1nc(OC[C@]34CCCN3C[C@@H](C=C(F)F)C4)nc3c1COC(c1c(F)c(N)cc(Cl)c1C(F)(F)F)C3)CCC2. The second-order valence-electron chi connectivity index (χ2n) is 14.1. The fourth-order valence-corrected chi connectivity index (χ4v) is 8.67. The smallest absolute Gasteiger partial charge is 0.418 e. The topological polar surface area (TPSA) is 115 Å². The molecule has 4 aliphatic rings. The van der Waals surface area contributed by atoms with E-state index in [2.05, 4.69) is 15.0 Å². The quantitative estimate of drug-likeness (QED) is 0.208. The van der Waals surface area contributed by atoms with Crippen molar-refractivity contribution in [1.82, 2.24) is 29.5 Å². The van der Waals surface area contributed by atoms with Gasteiger partial charge in [-0.05, 0) is 50.3 Å². The highest BCUT2D eigenvalue weighted by atomic mass is 35.5. The van der Waals surface area contributed by atoms with Crippen LogP contribution in [-0.2, 0) is 37.0 Å². The highest BCUT2D eigenvalue weighted by Crippen LogP contribution is 2.47. The fourth-order valence-electron chi connectivity index (χ4n) is 8.07. The van der Waals surface area contributed by atoms with E-state index in [1.54, 1.807) is 18.8 Å². The van der Waals surface area contributed by atoms with Crippen molar-refractivity contribution in [3.8, 4) is 6.01 Å². The number of aryl methyl sites for hydroxylation is 1. The highest BCUT2D eigenvalue weighted by Gasteiger charge is 2.49. The summed E-state index contributed by atoms with van der Waals surface area (Å²) >= 11 is 12.7. The Kier molecular flexibility index (Phi) is 10.00. The van der Waals surface area contributed by atoms with Gasteiger partial charge in [0.05, 0.1) is 57.5 Å². The maximum atomic E-state index is 15.5. The van der Waals surface area contributed by atoms with Gasteiger partial charge in [0.2, 0.25) is 0 Å². The van der Waals surface area contributed by atoms with Crippen LogP contribution in [0.2, 0.25) is 10.0 Å². The van der Waals surface area contributed by atoms with Crippen molar-refractivity contribution in [2.45, 2.75) is 69.6 Å². The van der Waals surface area contributed by atoms with E-state index in [0.717, 1.165) is 18.6 Å². The van der Waals surface area contributed by atoms with Crippen LogP contribution in [0.1, 0.15) is 70.4 Å². The van der Waals surface area contributed by atoms with E-state index in [4.69, 9.17) is 43.4 Å². The number of nitrogens with zero attached hydrogens (tertiary/aromatic N) is 7. The number of hydrogen-bond acceptors (Lipinski definition) is 9. The summed E-state index contributed by atoms with van der Waals surface area (Å²) in [6.45, 7) is 1.96. The summed E-state index contributed by atoms with van der Waals surface area (Å²) in [5, 5.41) is 3.88. The van der Waals surface area contributed by atoms with Crippen molar-refractivity contribution in [3.05, 3.63) is 67.9 Å². The Morgan fingerprint density at radius 2 is 1.96 bits per heavy atom. The van der Waals surface area contributed by atoms with Gasteiger partial charge in [-0.3, -0.25) is 14.4 Å². The van der Waals surface area contributed by atoms with Crippen molar-refractivity contribution >= 4 is 40.6 Å². The molecule has 19 heteroatoms. The number of nitrogen functional groups attached to an aromatic ring is 1. The lowest BCUT2D eigenvalue weighted by Gasteiger charge is -2.33. The third-order valence-electron chi connectivity index (χ3n) is 10.5. The molecule has 7 rings (SSSR count). The minimum Gasteiger partial charge on any atom is -0.461 e. The van der Waals surface area contributed by atoms with Crippen LogP contribution in [0.4, 0.5) is 37.8 Å². The Morgan fingerprint density at radius 1 is 1.19 bits per heavy atom. The molecule has 6 heterocycles. The molecule has 53 heavy (non-hydrogen) atoms. The third kappa shape index (κ3) is 7.00. The summed E-state index contributed by atoms with van der Waals surface area (Å²) in [6.07, 6.45) is -5.03. The normalized spacial score (nSPS) is 22.9. The molecule has 0 aliphatic carbocycles. The summed E-state index contributed by atoms with van der Waals surface area (Å²) in [5.41, 5.74) is 3.75. The Hall–Kier alpha value is -3.80. The first-order valence-corrected chi connectivity index (χ1v) is 17.8. The molecule has 0 radical (unpaired) electrons. The third-order valence-corrected chi connectivity index (χ3v) is 11.1. The summed E-state index contributed by atoms with van der Waals surface area (Å²) < 4.78 is 98.7. The number of benzene rings is 1. The monoisotopic (exact) mass is 788 g/mol. The molecule has 1 unspecified atom stereocenters. The van der Waals surface area contributed by atoms with Crippen molar-refractivity contribution in [3.63, 3.8) is 0 Å². The first-order chi connectivity index (χ1) is 25.1. The molecule has 286 valence electrons. The number of fused-ring (bicyclic) bond motifs is 3. The number of halogens is 8. The number of carbonyl (C=O) groups is 1. The molecule has 0 bridgehead atoms. The van der Waals surface area contributed by atoms with E-state index >= 15 is 4.39 Å². The first kappa shape index (κ1) is 37.5. The molecule has 1 aromatic carbocycles. The van der Waals surface area contributed by atoms with Gasteiger partial charge in [-0.1, -0.05) is 23.2 Å². The second kappa shape index (κ2) is 14.1. The van der Waals surface area contributed by atoms with Crippen molar-refractivity contribution in [2.24, 2.45) is 5.92 Å². The van der Waals surface area contributed by atoms with E-state index in [1.165, 1.54) is 4.90 Å². The molecule has 11 nitrogen and oxygen atoms in total. The summed E-state index contributed by atoms with van der Waals surface area (Å²) in [4.78, 5) is 27.6. The van der Waals surface area contributed by atoms with Crippen molar-refractivity contribution in [2.75, 3.05) is 51.0 Å². The number of hydrogen-bond donors (Lipinski definition) is 1. The number of nitrogens with two attached hydrogens (primary N) is 1. The fraction of sp³-hybridized carbons (Fsp3) is 0.529. The predicted molar refractivity (Wildman–Crippen MR) is 182 cm³/mol. The van der Waals surface area contributed by atoms with Crippen molar-refractivity contribution < 1.29 is 40.6 Å². The standard InChI is InChI=1S/C34H36Cl2F6N8O3/c1-47(2)31(51)29-27(36)22-14-48(6-4-8-50(22)46-29)30-18-15-52-23(25-26(34(40,41)42)19(35)10-20(43)28(25)39)11-21(18)44-32(45-30)53-16-33-5-3-7-49(33)13-17(12-33)9-24(37)38/h9-10,17,23H,3-8,11-16,43H2,1-2H3/t17-,23?,33+/m0/s1. The van der Waals surface area contributed by atoms with Crippen molar-refractivity contribution in [1.29, 1.82) is 0 Å². The number of ether oxygens (including phenoxy) is 2. The Bertz CT molecular complexity index is 1970. The largest absolute Gasteiger partial charge is 0.461 e. The van der Waals surface area contributed by atoms with Crippen LogP contribution >= 0.6 is 23.2 Å². The minimum atomic E-state index is -5.03.